The minimum Gasteiger partial charge on any atom is -0.289 e. The lowest BCUT2D eigenvalue weighted by atomic mass is 9.99. The minimum atomic E-state index is 0.0475. The van der Waals surface area contributed by atoms with Crippen LogP contribution < -0.4 is 43.4 Å². The van der Waals surface area contributed by atoms with Gasteiger partial charge in [-0.15, -0.1) is 90.7 Å². The third kappa shape index (κ3) is 8.81. The monoisotopic (exact) mass is 2050 g/mol. The van der Waals surface area contributed by atoms with Crippen LogP contribution in [0.1, 0.15) is 22.3 Å². The zero-order chi connectivity index (χ0) is 64.2. The second-order valence-electron chi connectivity index (χ2n) is 22.4. The molecular formula is C68H24Br4I4O8S8. The number of benzene rings is 4. The van der Waals surface area contributed by atoms with Crippen molar-refractivity contribution in [3.63, 3.8) is 0 Å². The molecule has 0 aliphatic carbocycles. The molecule has 448 valence electrons. The molecule has 92 heavy (non-hydrogen) atoms. The summed E-state index contributed by atoms with van der Waals surface area (Å²) in [6, 6.07) is 22.9. The predicted octanol–water partition coefficient (Wildman–Crippen LogP) is 22.8. The van der Waals surface area contributed by atoms with Crippen molar-refractivity contribution in [3.05, 3.63) is 204 Å². The van der Waals surface area contributed by atoms with Crippen molar-refractivity contribution in [2.45, 2.75) is 27.7 Å². The number of fused-ring (bicyclic) bond motifs is 24. The van der Waals surface area contributed by atoms with Crippen molar-refractivity contribution in [2.75, 3.05) is 0 Å². The quantitative estimate of drug-likeness (QED) is 0.137. The number of aryl methyl sites for hydroxylation is 4. The highest BCUT2D eigenvalue weighted by molar-refractivity contribution is 14.1. The van der Waals surface area contributed by atoms with E-state index < -0.39 is 0 Å². The molecule has 0 bridgehead atoms. The van der Waals surface area contributed by atoms with E-state index in [4.69, 9.17) is 0 Å². The molecule has 24 heteroatoms. The number of hydrogen-bond donors (Lipinski definition) is 0. The van der Waals surface area contributed by atoms with Crippen LogP contribution in [0, 0.1) is 39.2 Å². The Hall–Kier alpha value is -3.32. The first-order chi connectivity index (χ1) is 43.9. The number of thiophene rings is 8. The summed E-state index contributed by atoms with van der Waals surface area (Å²) in [5, 5.41) is 19.6. The van der Waals surface area contributed by atoms with Crippen LogP contribution in [-0.2, 0) is 0 Å². The van der Waals surface area contributed by atoms with Gasteiger partial charge in [0, 0.05) is 167 Å². The van der Waals surface area contributed by atoms with Gasteiger partial charge in [0.1, 0.15) is 0 Å². The number of halogens is 8. The van der Waals surface area contributed by atoms with E-state index in [1.807, 2.05) is 100 Å². The molecule has 0 N–H and O–H groups in total. The molecule has 0 spiro atoms. The molecule has 0 atom stereocenters. The topological polar surface area (TPSA) is 137 Å². The van der Waals surface area contributed by atoms with Crippen LogP contribution in [0.4, 0.5) is 0 Å². The molecular weight excluding hydrogens is 2030 g/mol. The first-order valence-corrected chi connectivity index (χ1v) is 41.4. The summed E-state index contributed by atoms with van der Waals surface area (Å²) in [6.07, 6.45) is 0. The van der Waals surface area contributed by atoms with E-state index >= 15 is 0 Å². The van der Waals surface area contributed by atoms with Crippen molar-refractivity contribution in [1.29, 1.82) is 0 Å². The highest BCUT2D eigenvalue weighted by Gasteiger charge is 2.28. The Labute approximate surface area is 633 Å². The smallest absolute Gasteiger partial charge is 0.195 e. The highest BCUT2D eigenvalue weighted by atomic mass is 127. The molecule has 0 amide bonds. The Balaban J connectivity index is 0.0000000940. The standard InChI is InChI=1S/C18H8Br2O2S2.C18H8I2O2S2.C16H4Br2O2S2.C16H4I2O2S2/c2*1-5-11-14(18-7(15(11)21)3-10(20)24-18)6(2)12-13(5)17-8(16(12)22)4-9(19)23-17;2*17-11-4-10-14(20)6-2-8-5(1-7(6)15(10)21-11)13(19)9-3-12(18)22-16(8)9/h2*3-4H,1-2H3;2*1-4H. The summed E-state index contributed by atoms with van der Waals surface area (Å²) >= 11 is 35.5. The minimum absolute atomic E-state index is 0.0475. The number of rotatable bonds is 0. The van der Waals surface area contributed by atoms with Crippen LogP contribution in [0.2, 0.25) is 0 Å². The van der Waals surface area contributed by atoms with Gasteiger partial charge in [-0.2, -0.15) is 0 Å². The van der Waals surface area contributed by atoms with Gasteiger partial charge in [0.25, 0.3) is 0 Å². The third-order valence-corrected chi connectivity index (χ3v) is 32.0. The lowest BCUT2D eigenvalue weighted by Gasteiger charge is -2.05. The maximum atomic E-state index is 13.0. The van der Waals surface area contributed by atoms with Gasteiger partial charge in [0.15, 0.2) is 43.4 Å². The van der Waals surface area contributed by atoms with Crippen molar-refractivity contribution < 1.29 is 0 Å². The van der Waals surface area contributed by atoms with Gasteiger partial charge in [0.2, 0.25) is 0 Å². The van der Waals surface area contributed by atoms with Crippen molar-refractivity contribution in [1.82, 2.24) is 0 Å². The molecule has 0 saturated heterocycles. The van der Waals surface area contributed by atoms with Gasteiger partial charge in [-0.3, -0.25) is 38.4 Å². The van der Waals surface area contributed by atoms with E-state index in [9.17, 15) is 38.4 Å². The number of hydrogen-bond acceptors (Lipinski definition) is 16. The molecule has 20 aromatic rings. The van der Waals surface area contributed by atoms with Crippen LogP contribution in [0.25, 0.3) is 167 Å². The summed E-state index contributed by atoms with van der Waals surface area (Å²) in [4.78, 5) is 102. The van der Waals surface area contributed by atoms with Crippen LogP contribution in [0.15, 0.2) is 126 Å². The molecule has 0 aliphatic rings. The molecule has 20 rings (SSSR count). The van der Waals surface area contributed by atoms with Crippen LogP contribution in [-0.4, -0.2) is 0 Å². The summed E-state index contributed by atoms with van der Waals surface area (Å²) in [7, 11) is 0. The van der Waals surface area contributed by atoms with Gasteiger partial charge in [-0.05, 0) is 277 Å². The van der Waals surface area contributed by atoms with Gasteiger partial charge in [-0.25, -0.2) is 0 Å². The lowest BCUT2D eigenvalue weighted by molar-refractivity contribution is 1.55. The second-order valence-corrected chi connectivity index (χ2v) is 43.9. The zero-order valence-electron chi connectivity index (χ0n) is 46.5. The summed E-state index contributed by atoms with van der Waals surface area (Å²) < 4.78 is 16.1. The van der Waals surface area contributed by atoms with E-state index in [0.717, 1.165) is 205 Å². The Morgan fingerprint density at radius 3 is 0.663 bits per heavy atom. The molecule has 8 aromatic heterocycles. The van der Waals surface area contributed by atoms with E-state index in [2.05, 4.69) is 154 Å². The van der Waals surface area contributed by atoms with E-state index in [0.29, 0.717) is 10.8 Å². The molecule has 8 heterocycles. The molecule has 8 nitrogen and oxygen atoms in total. The molecule has 12 aromatic carbocycles. The largest absolute Gasteiger partial charge is 0.289 e. The predicted molar refractivity (Wildman–Crippen MR) is 449 cm³/mol. The molecule has 0 unspecified atom stereocenters. The summed E-state index contributed by atoms with van der Waals surface area (Å²) in [5.74, 6) is 0. The van der Waals surface area contributed by atoms with Gasteiger partial charge in [-0.1, -0.05) is 0 Å². The third-order valence-electron chi connectivity index (χ3n) is 17.7. The zero-order valence-corrected chi connectivity index (χ0v) is 68.0. The first-order valence-electron chi connectivity index (χ1n) is 27.3. The first kappa shape index (κ1) is 62.2. The summed E-state index contributed by atoms with van der Waals surface area (Å²) in [5.41, 5.74) is 4.39. The fraction of sp³-hybridized carbons (Fsp3) is 0.0588. The average molecular weight is 2050 g/mol. The van der Waals surface area contributed by atoms with Crippen molar-refractivity contribution in [3.8, 4) is 0 Å². The molecule has 0 radical (unpaired) electrons. The van der Waals surface area contributed by atoms with E-state index in [1.165, 1.54) is 22.7 Å². The van der Waals surface area contributed by atoms with Crippen LogP contribution >= 0.6 is 245 Å². The molecule has 0 fully saturated rings. The second kappa shape index (κ2) is 22.1. The fourth-order valence-corrected chi connectivity index (χ4v) is 28.2. The highest BCUT2D eigenvalue weighted by Crippen LogP contribution is 2.47. The Morgan fingerprint density at radius 2 is 0.402 bits per heavy atom. The lowest BCUT2D eigenvalue weighted by Crippen LogP contribution is -2.00. The SMILES string of the molecule is Cc1c2c(=O)c3cc(Br)sc3c2c(C)c2c(=O)c3cc(Br)sc3c12.Cc1c2c(=O)c3cc(I)sc3c2c(C)c2c(=O)c3cc(I)sc3c12.O=c1c2cc3c(cc2c2sc(Br)cc12)c(=O)c1cc(Br)sc13.O=c1c2cc3c(cc2c2sc(I)cc12)c(=O)c1cc(I)sc13. The Morgan fingerprint density at radius 1 is 0.217 bits per heavy atom. The fourth-order valence-electron chi connectivity index (χ4n) is 13.9. The maximum absolute atomic E-state index is 13.0. The average Bonchev–Trinajstić information content (AvgIpc) is 1.57. The van der Waals surface area contributed by atoms with Gasteiger partial charge >= 0.3 is 0 Å². The maximum Gasteiger partial charge on any atom is 0.195 e. The Bertz CT molecular complexity index is 6400. The van der Waals surface area contributed by atoms with E-state index in [-0.39, 0.29) is 43.4 Å². The molecule has 0 aliphatic heterocycles. The van der Waals surface area contributed by atoms with Gasteiger partial charge in [0.05, 0.1) is 26.7 Å². The molecule has 0 saturated carbocycles. The summed E-state index contributed by atoms with van der Waals surface area (Å²) in [6.45, 7) is 7.92. The van der Waals surface area contributed by atoms with Gasteiger partial charge < -0.3 is 0 Å². The van der Waals surface area contributed by atoms with Crippen LogP contribution in [0.5, 0.6) is 0 Å². The normalized spacial score (nSPS) is 12.5. The van der Waals surface area contributed by atoms with E-state index in [1.54, 1.807) is 68.0 Å². The van der Waals surface area contributed by atoms with Crippen LogP contribution in [0.3, 0.4) is 0 Å². The van der Waals surface area contributed by atoms with Crippen molar-refractivity contribution in [2.24, 2.45) is 0 Å². The van der Waals surface area contributed by atoms with Crippen molar-refractivity contribution >= 4 is 412 Å². The Kier molecular flexibility index (Phi) is 14.9.